The molecule has 336 valence electrons. The van der Waals surface area contributed by atoms with Crippen molar-refractivity contribution >= 4 is 82.0 Å². The Balaban J connectivity index is 0.899. The first-order valence-electron chi connectivity index (χ1n) is 24.8. The Labute approximate surface area is 418 Å². The Morgan fingerprint density at radius 1 is 0.250 bits per heavy atom. The van der Waals surface area contributed by atoms with Crippen molar-refractivity contribution in [1.82, 2.24) is 4.57 Å². The van der Waals surface area contributed by atoms with Crippen molar-refractivity contribution < 1.29 is 0 Å². The largest absolute Gasteiger partial charge is 0.310 e. The number of para-hydroxylation sites is 1. The average Bonchev–Trinajstić information content (AvgIpc) is 3.81. The zero-order chi connectivity index (χ0) is 47.5. The molecule has 0 saturated carbocycles. The van der Waals surface area contributed by atoms with E-state index in [0.717, 1.165) is 28.3 Å². The van der Waals surface area contributed by atoms with E-state index in [0.29, 0.717) is 0 Å². The van der Waals surface area contributed by atoms with E-state index in [-0.39, 0.29) is 0 Å². The highest BCUT2D eigenvalue weighted by atomic mass is 15.1. The van der Waals surface area contributed by atoms with Gasteiger partial charge in [-0.3, -0.25) is 0 Å². The van der Waals surface area contributed by atoms with Gasteiger partial charge in [-0.1, -0.05) is 218 Å². The van der Waals surface area contributed by atoms with Crippen molar-refractivity contribution in [1.29, 1.82) is 0 Å². The fourth-order valence-corrected chi connectivity index (χ4v) is 11.4. The standard InChI is InChI=1S/C70H46N2/c1-2-20-55(21-3-1)72-68-30-14-29-62(69(68)66-44-39-50-16-5-9-25-63(50)70(66)72)53-19-12-22-58(45-53)71(57-42-37-52(38-43-57)67-46-54-17-6-8-24-61(54)64-26-10-11-27-65(64)67)56-40-35-48(36-41-56)47-31-33-51(34-32-47)60-28-13-18-49-15-4-7-23-59(49)60/h1-46H. The quantitative estimate of drug-likeness (QED) is 0.138. The van der Waals surface area contributed by atoms with Crippen LogP contribution in [-0.4, -0.2) is 4.57 Å². The molecule has 0 radical (unpaired) electrons. The number of benzene rings is 13. The van der Waals surface area contributed by atoms with Crippen molar-refractivity contribution in [3.8, 4) is 50.2 Å². The predicted molar refractivity (Wildman–Crippen MR) is 307 cm³/mol. The summed E-state index contributed by atoms with van der Waals surface area (Å²) in [4.78, 5) is 2.40. The molecule has 1 aromatic heterocycles. The van der Waals surface area contributed by atoms with Gasteiger partial charge in [-0.05, 0) is 143 Å². The van der Waals surface area contributed by atoms with Crippen molar-refractivity contribution in [2.75, 3.05) is 4.90 Å². The third-order valence-corrected chi connectivity index (χ3v) is 14.8. The highest BCUT2D eigenvalue weighted by Gasteiger charge is 2.20. The van der Waals surface area contributed by atoms with Crippen LogP contribution in [0.5, 0.6) is 0 Å². The molecule has 0 aliphatic rings. The summed E-state index contributed by atoms with van der Waals surface area (Å²) in [5, 5.41) is 12.5. The van der Waals surface area contributed by atoms with E-state index < -0.39 is 0 Å². The molecule has 0 N–H and O–H groups in total. The molecular formula is C70H46N2. The second kappa shape index (κ2) is 17.2. The molecule has 0 bridgehead atoms. The fraction of sp³-hybridized carbons (Fsp3) is 0. The topological polar surface area (TPSA) is 8.17 Å². The van der Waals surface area contributed by atoms with E-state index in [4.69, 9.17) is 0 Å². The van der Waals surface area contributed by atoms with Crippen LogP contribution in [0.15, 0.2) is 279 Å². The molecule has 1 heterocycles. The van der Waals surface area contributed by atoms with Gasteiger partial charge in [0.25, 0.3) is 0 Å². The Morgan fingerprint density at radius 3 is 1.53 bits per heavy atom. The minimum atomic E-state index is 1.08. The third-order valence-electron chi connectivity index (χ3n) is 14.8. The molecule has 0 unspecified atom stereocenters. The normalized spacial score (nSPS) is 11.6. The van der Waals surface area contributed by atoms with E-state index in [2.05, 4.69) is 289 Å². The molecule has 0 aliphatic carbocycles. The molecule has 0 aliphatic heterocycles. The molecule has 2 heteroatoms. The summed E-state index contributed by atoms with van der Waals surface area (Å²) in [7, 11) is 0. The maximum Gasteiger partial charge on any atom is 0.0619 e. The van der Waals surface area contributed by atoms with Gasteiger partial charge in [0.2, 0.25) is 0 Å². The smallest absolute Gasteiger partial charge is 0.0619 e. The molecule has 0 saturated heterocycles. The van der Waals surface area contributed by atoms with Gasteiger partial charge in [0.15, 0.2) is 0 Å². The highest BCUT2D eigenvalue weighted by molar-refractivity contribution is 6.22. The van der Waals surface area contributed by atoms with Gasteiger partial charge in [-0.2, -0.15) is 0 Å². The summed E-state index contributed by atoms with van der Waals surface area (Å²) in [6, 6.07) is 102. The number of hydrogen-bond acceptors (Lipinski definition) is 1. The van der Waals surface area contributed by atoms with Crippen molar-refractivity contribution in [3.63, 3.8) is 0 Å². The van der Waals surface area contributed by atoms with Crippen LogP contribution >= 0.6 is 0 Å². The molecule has 72 heavy (non-hydrogen) atoms. The number of aromatic nitrogens is 1. The molecule has 14 rings (SSSR count). The minimum Gasteiger partial charge on any atom is -0.310 e. The van der Waals surface area contributed by atoms with Crippen molar-refractivity contribution in [3.05, 3.63) is 279 Å². The van der Waals surface area contributed by atoms with Crippen LogP contribution in [0.4, 0.5) is 17.1 Å². The van der Waals surface area contributed by atoms with Crippen LogP contribution < -0.4 is 4.90 Å². The van der Waals surface area contributed by atoms with E-state index in [1.165, 1.54) is 104 Å². The molecule has 0 spiro atoms. The monoisotopic (exact) mass is 914 g/mol. The Bertz CT molecular complexity index is 4350. The first-order chi connectivity index (χ1) is 35.7. The molecular weight excluding hydrogens is 869 g/mol. The Hall–Kier alpha value is -9.50. The number of anilines is 3. The van der Waals surface area contributed by atoms with Crippen molar-refractivity contribution in [2.45, 2.75) is 0 Å². The van der Waals surface area contributed by atoms with Crippen LogP contribution in [0.1, 0.15) is 0 Å². The lowest BCUT2D eigenvalue weighted by molar-refractivity contribution is 1.19. The maximum atomic E-state index is 2.45. The lowest BCUT2D eigenvalue weighted by Gasteiger charge is -2.26. The fourth-order valence-electron chi connectivity index (χ4n) is 11.4. The molecule has 0 atom stereocenters. The van der Waals surface area contributed by atoms with Crippen LogP contribution in [0, 0.1) is 0 Å². The number of nitrogens with zero attached hydrogens (tertiary/aromatic N) is 2. The van der Waals surface area contributed by atoms with Gasteiger partial charge in [-0.15, -0.1) is 0 Å². The van der Waals surface area contributed by atoms with Gasteiger partial charge >= 0.3 is 0 Å². The molecule has 14 aromatic rings. The third kappa shape index (κ3) is 6.95. The number of fused-ring (bicyclic) bond motifs is 9. The van der Waals surface area contributed by atoms with Gasteiger partial charge in [0.05, 0.1) is 11.0 Å². The molecule has 0 amide bonds. The Morgan fingerprint density at radius 2 is 0.778 bits per heavy atom. The first kappa shape index (κ1) is 41.5. The Kier molecular flexibility index (Phi) is 9.89. The number of hydrogen-bond donors (Lipinski definition) is 0. The van der Waals surface area contributed by atoms with E-state index in [1.54, 1.807) is 0 Å². The van der Waals surface area contributed by atoms with Gasteiger partial charge < -0.3 is 9.47 Å². The van der Waals surface area contributed by atoms with Crippen LogP contribution in [-0.2, 0) is 0 Å². The van der Waals surface area contributed by atoms with Crippen LogP contribution in [0.25, 0.3) is 115 Å². The van der Waals surface area contributed by atoms with Crippen molar-refractivity contribution in [2.24, 2.45) is 0 Å². The van der Waals surface area contributed by atoms with Crippen LogP contribution in [0.2, 0.25) is 0 Å². The van der Waals surface area contributed by atoms with Gasteiger partial charge in [0.1, 0.15) is 0 Å². The number of rotatable bonds is 8. The summed E-state index contributed by atoms with van der Waals surface area (Å²) in [5.41, 5.74) is 16.4. The maximum absolute atomic E-state index is 2.45. The zero-order valence-electron chi connectivity index (χ0n) is 39.5. The summed E-state index contributed by atoms with van der Waals surface area (Å²) in [6.07, 6.45) is 0. The molecule has 13 aromatic carbocycles. The lowest BCUT2D eigenvalue weighted by atomic mass is 9.93. The molecule has 0 fully saturated rings. The van der Waals surface area contributed by atoms with Crippen LogP contribution in [0.3, 0.4) is 0 Å². The lowest BCUT2D eigenvalue weighted by Crippen LogP contribution is -2.10. The SMILES string of the molecule is c1ccc(-n2c3cccc(-c4cccc(N(c5ccc(-c6ccc(-c7cccc8ccccc78)cc6)cc5)c5ccc(-c6cc7ccccc7c7ccccc67)cc5)c4)c3c3ccc4ccccc4c32)cc1. The van der Waals surface area contributed by atoms with E-state index >= 15 is 0 Å². The highest BCUT2D eigenvalue weighted by Crippen LogP contribution is 2.44. The summed E-state index contributed by atoms with van der Waals surface area (Å²) < 4.78 is 2.45. The first-order valence-corrected chi connectivity index (χ1v) is 24.8. The molecule has 2 nitrogen and oxygen atoms in total. The average molecular weight is 915 g/mol. The minimum absolute atomic E-state index is 1.08. The van der Waals surface area contributed by atoms with Gasteiger partial charge in [0, 0.05) is 38.9 Å². The second-order valence-electron chi connectivity index (χ2n) is 18.8. The summed E-state index contributed by atoms with van der Waals surface area (Å²) in [5.74, 6) is 0. The van der Waals surface area contributed by atoms with E-state index in [9.17, 15) is 0 Å². The predicted octanol–water partition coefficient (Wildman–Crippen LogP) is 19.5. The second-order valence-corrected chi connectivity index (χ2v) is 18.8. The van der Waals surface area contributed by atoms with E-state index in [1.807, 2.05) is 0 Å². The van der Waals surface area contributed by atoms with Gasteiger partial charge in [-0.25, -0.2) is 0 Å². The summed E-state index contributed by atoms with van der Waals surface area (Å²) in [6.45, 7) is 0. The summed E-state index contributed by atoms with van der Waals surface area (Å²) >= 11 is 0. The zero-order valence-corrected chi connectivity index (χ0v) is 39.5.